The van der Waals surface area contributed by atoms with Crippen molar-refractivity contribution < 1.29 is 9.53 Å². The second-order valence-corrected chi connectivity index (χ2v) is 7.56. The van der Waals surface area contributed by atoms with Crippen LogP contribution in [0.5, 0.6) is 5.75 Å². The molecule has 2 heterocycles. The molecule has 0 saturated heterocycles. The lowest BCUT2D eigenvalue weighted by Gasteiger charge is -2.29. The van der Waals surface area contributed by atoms with Crippen LogP contribution in [0, 0.1) is 0 Å². The van der Waals surface area contributed by atoms with E-state index in [2.05, 4.69) is 20.4 Å². The van der Waals surface area contributed by atoms with Crippen molar-refractivity contribution in [2.24, 2.45) is 0 Å². The second kappa shape index (κ2) is 8.61. The highest BCUT2D eigenvalue weighted by Crippen LogP contribution is 2.30. The monoisotopic (exact) mass is 411 g/mol. The van der Waals surface area contributed by atoms with Crippen LogP contribution in [0.4, 0.5) is 0 Å². The zero-order valence-corrected chi connectivity index (χ0v) is 16.8. The first-order valence-electron chi connectivity index (χ1n) is 9.59. The molecule has 1 N–H and O–H groups in total. The average molecular weight is 412 g/mol. The Morgan fingerprint density at radius 1 is 1.24 bits per heavy atom. The molecule has 0 radical (unpaired) electrons. The fraction of sp³-hybridized carbons (Fsp3) is 0.333. The van der Waals surface area contributed by atoms with Crippen LogP contribution in [0.1, 0.15) is 42.1 Å². The number of nitrogens with one attached hydrogen (secondary N) is 1. The molecule has 0 atom stereocenters. The van der Waals surface area contributed by atoms with Gasteiger partial charge in [-0.3, -0.25) is 9.48 Å². The zero-order chi connectivity index (χ0) is 20.2. The minimum Gasteiger partial charge on any atom is -0.496 e. The summed E-state index contributed by atoms with van der Waals surface area (Å²) in [6, 6.07) is 7.37. The van der Waals surface area contributed by atoms with E-state index in [4.69, 9.17) is 16.3 Å². The summed E-state index contributed by atoms with van der Waals surface area (Å²) in [7, 11) is 1.55. The Morgan fingerprint density at radius 2 is 2.07 bits per heavy atom. The van der Waals surface area contributed by atoms with Gasteiger partial charge in [-0.25, -0.2) is 9.97 Å². The topological polar surface area (TPSA) is 81.9 Å². The number of hydrogen-bond donors (Lipinski definition) is 1. The Balaban J connectivity index is 1.36. The molecule has 29 heavy (non-hydrogen) atoms. The first kappa shape index (κ1) is 19.4. The van der Waals surface area contributed by atoms with E-state index in [-0.39, 0.29) is 11.9 Å². The molecule has 1 aliphatic carbocycles. The summed E-state index contributed by atoms with van der Waals surface area (Å²) in [6.45, 7) is 0. The van der Waals surface area contributed by atoms with Gasteiger partial charge in [0.05, 0.1) is 30.6 Å². The van der Waals surface area contributed by atoms with E-state index in [1.54, 1.807) is 31.5 Å². The lowest BCUT2D eigenvalue weighted by Crippen LogP contribution is -2.38. The van der Waals surface area contributed by atoms with E-state index >= 15 is 0 Å². The van der Waals surface area contributed by atoms with Crippen molar-refractivity contribution in [3.8, 4) is 17.0 Å². The van der Waals surface area contributed by atoms with E-state index in [1.165, 1.54) is 6.33 Å². The van der Waals surface area contributed by atoms with Crippen molar-refractivity contribution in [1.82, 2.24) is 25.1 Å². The van der Waals surface area contributed by atoms with Gasteiger partial charge in [0.15, 0.2) is 0 Å². The molecule has 0 bridgehead atoms. The van der Waals surface area contributed by atoms with Gasteiger partial charge < -0.3 is 10.1 Å². The lowest BCUT2D eigenvalue weighted by molar-refractivity contribution is 0.0918. The number of carbonyl (C=O) groups is 1. The molecule has 2 aromatic heterocycles. The molecule has 1 aliphatic rings. The number of carbonyl (C=O) groups excluding carboxylic acids is 1. The minimum atomic E-state index is -0.155. The largest absolute Gasteiger partial charge is 0.496 e. The minimum absolute atomic E-state index is 0.124. The number of hydrogen-bond acceptors (Lipinski definition) is 5. The molecule has 0 aliphatic heterocycles. The maximum absolute atomic E-state index is 12.7. The van der Waals surface area contributed by atoms with Gasteiger partial charge in [0.25, 0.3) is 5.91 Å². The van der Waals surface area contributed by atoms with Crippen LogP contribution in [-0.2, 0) is 0 Å². The number of ether oxygens (including phenoxy) is 1. The summed E-state index contributed by atoms with van der Waals surface area (Å²) < 4.78 is 7.29. The first-order valence-corrected chi connectivity index (χ1v) is 9.97. The molecule has 1 fully saturated rings. The third kappa shape index (κ3) is 4.40. The van der Waals surface area contributed by atoms with Crippen molar-refractivity contribution >= 4 is 17.5 Å². The quantitative estimate of drug-likeness (QED) is 0.688. The smallest absolute Gasteiger partial charge is 0.255 e. The average Bonchev–Trinajstić information content (AvgIpc) is 3.25. The van der Waals surface area contributed by atoms with Crippen molar-refractivity contribution in [2.75, 3.05) is 7.11 Å². The molecule has 1 aromatic carbocycles. The van der Waals surface area contributed by atoms with Gasteiger partial charge in [0, 0.05) is 29.0 Å². The Bertz CT molecular complexity index is 984. The maximum atomic E-state index is 12.7. The number of nitrogens with zero attached hydrogens (tertiary/aromatic N) is 4. The van der Waals surface area contributed by atoms with Gasteiger partial charge in [0.2, 0.25) is 0 Å². The number of halogens is 1. The molecule has 7 nitrogen and oxygen atoms in total. The molecule has 150 valence electrons. The van der Waals surface area contributed by atoms with E-state index < -0.39 is 0 Å². The van der Waals surface area contributed by atoms with E-state index in [1.807, 2.05) is 23.1 Å². The van der Waals surface area contributed by atoms with Gasteiger partial charge in [-0.2, -0.15) is 5.10 Å². The third-order valence-corrected chi connectivity index (χ3v) is 5.53. The normalized spacial score (nSPS) is 19.0. The van der Waals surface area contributed by atoms with E-state index in [9.17, 15) is 4.79 Å². The molecule has 0 spiro atoms. The predicted molar refractivity (Wildman–Crippen MR) is 110 cm³/mol. The molecule has 8 heteroatoms. The first-order chi connectivity index (χ1) is 14.1. The van der Waals surface area contributed by atoms with Gasteiger partial charge in [-0.15, -0.1) is 0 Å². The zero-order valence-electron chi connectivity index (χ0n) is 16.1. The van der Waals surface area contributed by atoms with Gasteiger partial charge in [0.1, 0.15) is 12.1 Å². The van der Waals surface area contributed by atoms with Gasteiger partial charge >= 0.3 is 0 Å². The van der Waals surface area contributed by atoms with Crippen molar-refractivity contribution in [2.45, 2.75) is 37.8 Å². The Hall–Kier alpha value is -2.93. The summed E-state index contributed by atoms with van der Waals surface area (Å²) in [5, 5.41) is 8.15. The molecule has 3 aromatic rings. The van der Waals surface area contributed by atoms with Crippen molar-refractivity contribution in [1.29, 1.82) is 0 Å². The van der Waals surface area contributed by atoms with E-state index in [0.717, 1.165) is 36.9 Å². The summed E-state index contributed by atoms with van der Waals surface area (Å²) in [5.74, 6) is 0.368. The van der Waals surface area contributed by atoms with E-state index in [0.29, 0.717) is 22.4 Å². The van der Waals surface area contributed by atoms with Crippen molar-refractivity contribution in [3.05, 3.63) is 59.8 Å². The molecular weight excluding hydrogens is 390 g/mol. The molecular formula is C21H22ClN5O2. The summed E-state index contributed by atoms with van der Waals surface area (Å²) in [4.78, 5) is 20.9. The van der Waals surface area contributed by atoms with Crippen LogP contribution in [-0.4, -0.2) is 38.8 Å². The van der Waals surface area contributed by atoms with Gasteiger partial charge in [-0.1, -0.05) is 11.6 Å². The molecule has 0 unspecified atom stereocenters. The highest BCUT2D eigenvalue weighted by atomic mass is 35.5. The summed E-state index contributed by atoms with van der Waals surface area (Å²) >= 11 is 6.04. The Labute approximate surface area is 174 Å². The van der Waals surface area contributed by atoms with Gasteiger partial charge in [-0.05, 0) is 49.9 Å². The van der Waals surface area contributed by atoms with Crippen LogP contribution >= 0.6 is 11.6 Å². The lowest BCUT2D eigenvalue weighted by atomic mass is 9.91. The Kier molecular flexibility index (Phi) is 5.76. The third-order valence-electron chi connectivity index (χ3n) is 5.29. The molecule has 1 amide bonds. The standard InChI is InChI=1S/C21H22ClN5O2/c1-29-20-7-2-15(22)10-18(20)21(28)26-16-3-5-17(6-4-16)27-12-14(11-25-27)19-8-9-23-13-24-19/h2,7-13,16-17H,3-6H2,1H3,(H,26,28). The van der Waals surface area contributed by atoms with Crippen LogP contribution in [0.3, 0.4) is 0 Å². The molecule has 4 rings (SSSR count). The van der Waals surface area contributed by atoms with Crippen molar-refractivity contribution in [3.63, 3.8) is 0 Å². The number of aromatic nitrogens is 4. The maximum Gasteiger partial charge on any atom is 0.255 e. The summed E-state index contributed by atoms with van der Waals surface area (Å²) in [5.41, 5.74) is 2.31. The number of amides is 1. The SMILES string of the molecule is COc1ccc(Cl)cc1C(=O)NC1CCC(n2cc(-c3ccncn3)cn2)CC1. The number of rotatable bonds is 5. The Morgan fingerprint density at radius 3 is 2.79 bits per heavy atom. The summed E-state index contributed by atoms with van der Waals surface area (Å²) in [6.07, 6.45) is 10.8. The van der Waals surface area contributed by atoms with Crippen LogP contribution in [0.25, 0.3) is 11.3 Å². The predicted octanol–water partition coefficient (Wildman–Crippen LogP) is 3.92. The fourth-order valence-corrected chi connectivity index (χ4v) is 3.91. The second-order valence-electron chi connectivity index (χ2n) is 7.13. The molecule has 1 saturated carbocycles. The van der Waals surface area contributed by atoms with Crippen LogP contribution in [0.15, 0.2) is 49.2 Å². The van der Waals surface area contributed by atoms with Crippen LogP contribution < -0.4 is 10.1 Å². The highest BCUT2D eigenvalue weighted by molar-refractivity contribution is 6.31. The number of methoxy groups -OCH3 is 1. The van der Waals surface area contributed by atoms with Crippen LogP contribution in [0.2, 0.25) is 5.02 Å². The number of benzene rings is 1. The fourth-order valence-electron chi connectivity index (χ4n) is 3.74. The highest BCUT2D eigenvalue weighted by Gasteiger charge is 2.25.